The fourth-order valence-corrected chi connectivity index (χ4v) is 2.21. The summed E-state index contributed by atoms with van der Waals surface area (Å²) in [5.41, 5.74) is 1.85. The van der Waals surface area contributed by atoms with Crippen molar-refractivity contribution in [2.45, 2.75) is 13.5 Å². The smallest absolute Gasteiger partial charge is 0.123 e. The quantitative estimate of drug-likeness (QED) is 0.882. The molecule has 0 unspecified atom stereocenters. The molecule has 0 spiro atoms. The van der Waals surface area contributed by atoms with Gasteiger partial charge in [0.1, 0.15) is 10.8 Å². The largest absolute Gasteiger partial charge is 0.311 e. The van der Waals surface area contributed by atoms with Gasteiger partial charge in [-0.1, -0.05) is 19.1 Å². The van der Waals surface area contributed by atoms with Gasteiger partial charge in [-0.25, -0.2) is 9.37 Å². The van der Waals surface area contributed by atoms with Crippen molar-refractivity contribution in [3.8, 4) is 10.6 Å². The number of aromatic nitrogens is 1. The van der Waals surface area contributed by atoms with Gasteiger partial charge in [-0.05, 0) is 18.7 Å². The first kappa shape index (κ1) is 11.2. The molecule has 0 fully saturated rings. The molecule has 1 aromatic heterocycles. The van der Waals surface area contributed by atoms with Crippen LogP contribution in [-0.2, 0) is 6.54 Å². The topological polar surface area (TPSA) is 24.9 Å². The van der Waals surface area contributed by atoms with Crippen LogP contribution in [0.5, 0.6) is 0 Å². The van der Waals surface area contributed by atoms with E-state index in [2.05, 4.69) is 17.2 Å². The lowest BCUT2D eigenvalue weighted by molar-refractivity contribution is 0.628. The SMILES string of the molecule is CCNCc1csc(-c2cccc(F)c2)n1. The van der Waals surface area contributed by atoms with E-state index in [-0.39, 0.29) is 5.82 Å². The summed E-state index contributed by atoms with van der Waals surface area (Å²) in [6.07, 6.45) is 0. The third-order valence-electron chi connectivity index (χ3n) is 2.18. The minimum Gasteiger partial charge on any atom is -0.311 e. The monoisotopic (exact) mass is 236 g/mol. The van der Waals surface area contributed by atoms with Crippen LogP contribution in [0.3, 0.4) is 0 Å². The molecule has 1 N–H and O–H groups in total. The molecule has 2 nitrogen and oxygen atoms in total. The van der Waals surface area contributed by atoms with Crippen molar-refractivity contribution < 1.29 is 4.39 Å². The molecule has 0 radical (unpaired) electrons. The highest BCUT2D eigenvalue weighted by Gasteiger charge is 2.04. The zero-order valence-corrected chi connectivity index (χ0v) is 9.85. The number of benzene rings is 1. The fraction of sp³-hybridized carbons (Fsp3) is 0.250. The minimum atomic E-state index is -0.221. The lowest BCUT2D eigenvalue weighted by atomic mass is 10.2. The second kappa shape index (κ2) is 5.18. The molecule has 0 amide bonds. The van der Waals surface area contributed by atoms with Crippen LogP contribution in [0.15, 0.2) is 29.6 Å². The normalized spacial score (nSPS) is 10.6. The number of halogens is 1. The Labute approximate surface area is 98.2 Å². The Balaban J connectivity index is 2.18. The maximum atomic E-state index is 13.0. The third-order valence-corrected chi connectivity index (χ3v) is 3.12. The van der Waals surface area contributed by atoms with Gasteiger partial charge >= 0.3 is 0 Å². The maximum Gasteiger partial charge on any atom is 0.123 e. The van der Waals surface area contributed by atoms with Gasteiger partial charge in [-0.2, -0.15) is 0 Å². The molecule has 1 aromatic carbocycles. The summed E-state index contributed by atoms with van der Waals surface area (Å²) in [5, 5.41) is 6.08. The molecular formula is C12H13FN2S. The van der Waals surface area contributed by atoms with Crippen LogP contribution in [0.4, 0.5) is 4.39 Å². The average Bonchev–Trinajstić information content (AvgIpc) is 2.75. The molecule has 0 atom stereocenters. The van der Waals surface area contributed by atoms with Crippen LogP contribution in [0.25, 0.3) is 10.6 Å². The second-order valence-electron chi connectivity index (χ2n) is 3.43. The number of thiazole rings is 1. The van der Waals surface area contributed by atoms with Crippen molar-refractivity contribution >= 4 is 11.3 Å². The van der Waals surface area contributed by atoms with Gasteiger partial charge in [-0.15, -0.1) is 11.3 Å². The molecule has 4 heteroatoms. The lowest BCUT2D eigenvalue weighted by Gasteiger charge is -1.97. The van der Waals surface area contributed by atoms with E-state index < -0.39 is 0 Å². The highest BCUT2D eigenvalue weighted by molar-refractivity contribution is 7.13. The molecule has 0 bridgehead atoms. The standard InChI is InChI=1S/C12H13FN2S/c1-2-14-7-11-8-16-12(15-11)9-4-3-5-10(13)6-9/h3-6,8,14H,2,7H2,1H3. The van der Waals surface area contributed by atoms with E-state index in [4.69, 9.17) is 0 Å². The van der Waals surface area contributed by atoms with Gasteiger partial charge in [0.25, 0.3) is 0 Å². The highest BCUT2D eigenvalue weighted by atomic mass is 32.1. The molecule has 0 saturated carbocycles. The molecular weight excluding hydrogens is 223 g/mol. The molecule has 1 heterocycles. The van der Waals surface area contributed by atoms with Crippen molar-refractivity contribution in [2.75, 3.05) is 6.54 Å². The van der Waals surface area contributed by atoms with E-state index in [1.54, 1.807) is 17.4 Å². The van der Waals surface area contributed by atoms with E-state index in [1.165, 1.54) is 12.1 Å². The number of hydrogen-bond donors (Lipinski definition) is 1. The Hall–Kier alpha value is -1.26. The zero-order chi connectivity index (χ0) is 11.4. The van der Waals surface area contributed by atoms with E-state index in [1.807, 2.05) is 11.4 Å². The summed E-state index contributed by atoms with van der Waals surface area (Å²) in [6.45, 7) is 3.75. The number of rotatable bonds is 4. The van der Waals surface area contributed by atoms with Crippen molar-refractivity contribution in [3.05, 3.63) is 41.2 Å². The van der Waals surface area contributed by atoms with Crippen LogP contribution >= 0.6 is 11.3 Å². The van der Waals surface area contributed by atoms with Gasteiger partial charge in [0, 0.05) is 17.5 Å². The maximum absolute atomic E-state index is 13.0. The van der Waals surface area contributed by atoms with Crippen molar-refractivity contribution in [1.29, 1.82) is 0 Å². The van der Waals surface area contributed by atoms with Crippen LogP contribution in [0.2, 0.25) is 0 Å². The number of nitrogens with zero attached hydrogens (tertiary/aromatic N) is 1. The first-order valence-corrected chi connectivity index (χ1v) is 6.08. The highest BCUT2D eigenvalue weighted by Crippen LogP contribution is 2.24. The fourth-order valence-electron chi connectivity index (χ4n) is 1.40. The second-order valence-corrected chi connectivity index (χ2v) is 4.29. The van der Waals surface area contributed by atoms with Crippen LogP contribution < -0.4 is 5.32 Å². The van der Waals surface area contributed by atoms with Crippen LogP contribution in [0, 0.1) is 5.82 Å². The van der Waals surface area contributed by atoms with Gasteiger partial charge in [0.05, 0.1) is 5.69 Å². The van der Waals surface area contributed by atoms with Crippen LogP contribution in [0.1, 0.15) is 12.6 Å². The molecule has 0 aliphatic heterocycles. The Morgan fingerprint density at radius 3 is 3.06 bits per heavy atom. The zero-order valence-electron chi connectivity index (χ0n) is 9.03. The number of nitrogens with one attached hydrogen (secondary N) is 1. The van der Waals surface area contributed by atoms with E-state index in [0.717, 1.165) is 29.4 Å². The summed E-state index contributed by atoms with van der Waals surface area (Å²) in [5.74, 6) is -0.221. The Morgan fingerprint density at radius 1 is 1.44 bits per heavy atom. The first-order chi connectivity index (χ1) is 7.79. The summed E-state index contributed by atoms with van der Waals surface area (Å²) in [6, 6.07) is 6.53. The summed E-state index contributed by atoms with van der Waals surface area (Å²) in [7, 11) is 0. The molecule has 2 aromatic rings. The Kier molecular flexibility index (Phi) is 3.64. The van der Waals surface area contributed by atoms with E-state index in [9.17, 15) is 4.39 Å². The molecule has 0 aliphatic rings. The average molecular weight is 236 g/mol. The molecule has 0 aliphatic carbocycles. The Morgan fingerprint density at radius 2 is 2.31 bits per heavy atom. The predicted molar refractivity (Wildman–Crippen MR) is 64.9 cm³/mol. The summed E-state index contributed by atoms with van der Waals surface area (Å²) >= 11 is 1.54. The molecule has 84 valence electrons. The van der Waals surface area contributed by atoms with Crippen molar-refractivity contribution in [1.82, 2.24) is 10.3 Å². The summed E-state index contributed by atoms with van der Waals surface area (Å²) < 4.78 is 13.0. The van der Waals surface area contributed by atoms with Gasteiger partial charge in [0.15, 0.2) is 0 Å². The van der Waals surface area contributed by atoms with E-state index >= 15 is 0 Å². The Bertz CT molecular complexity index is 468. The molecule has 2 rings (SSSR count). The summed E-state index contributed by atoms with van der Waals surface area (Å²) in [4.78, 5) is 4.45. The number of hydrogen-bond acceptors (Lipinski definition) is 3. The predicted octanol–water partition coefficient (Wildman–Crippen LogP) is 3.06. The minimum absolute atomic E-state index is 0.221. The van der Waals surface area contributed by atoms with Crippen molar-refractivity contribution in [2.24, 2.45) is 0 Å². The first-order valence-electron chi connectivity index (χ1n) is 5.20. The van der Waals surface area contributed by atoms with Crippen molar-refractivity contribution in [3.63, 3.8) is 0 Å². The van der Waals surface area contributed by atoms with Gasteiger partial charge < -0.3 is 5.32 Å². The lowest BCUT2D eigenvalue weighted by Crippen LogP contribution is -2.11. The van der Waals surface area contributed by atoms with Crippen LogP contribution in [-0.4, -0.2) is 11.5 Å². The third kappa shape index (κ3) is 2.65. The molecule has 16 heavy (non-hydrogen) atoms. The van der Waals surface area contributed by atoms with Gasteiger partial charge in [-0.3, -0.25) is 0 Å². The van der Waals surface area contributed by atoms with E-state index in [0.29, 0.717) is 0 Å². The molecule has 0 saturated heterocycles. The van der Waals surface area contributed by atoms with Gasteiger partial charge in [0.2, 0.25) is 0 Å².